The van der Waals surface area contributed by atoms with E-state index in [4.69, 9.17) is 4.74 Å². The second kappa shape index (κ2) is 11.7. The van der Waals surface area contributed by atoms with Crippen LogP contribution in [0.25, 0.3) is 0 Å². The minimum absolute atomic E-state index is 0.0168. The monoisotopic (exact) mass is 545 g/mol. The van der Waals surface area contributed by atoms with Crippen LogP contribution in [0, 0.1) is 0 Å². The highest BCUT2D eigenvalue weighted by molar-refractivity contribution is 5.82. The lowest BCUT2D eigenvalue weighted by Crippen LogP contribution is -2.62. The van der Waals surface area contributed by atoms with Gasteiger partial charge in [0.05, 0.1) is 17.7 Å². The van der Waals surface area contributed by atoms with E-state index in [1.165, 1.54) is 4.90 Å². The average molecular weight is 545 g/mol. The standard InChI is InChI=1S/C25H25F6N3O4/c1-2-8-34(21-13-32(22(36)14-33(21)16-35)12-17-6-4-3-5-7-17)23(37)38-15-18-9-19(24(26,27)28)11-20(10-18)25(29,30)31/h3-7,9-11,16,21H,2,8,12-15H2,1H3. The summed E-state index contributed by atoms with van der Waals surface area (Å²) in [5.74, 6) is -0.356. The molecule has 0 spiro atoms. The van der Waals surface area contributed by atoms with Crippen LogP contribution in [0.2, 0.25) is 0 Å². The molecule has 1 fully saturated rings. The van der Waals surface area contributed by atoms with E-state index in [9.17, 15) is 40.7 Å². The number of amides is 3. The Morgan fingerprint density at radius 1 is 1.03 bits per heavy atom. The van der Waals surface area contributed by atoms with Crippen LogP contribution in [0.4, 0.5) is 31.1 Å². The molecule has 2 aromatic carbocycles. The lowest BCUT2D eigenvalue weighted by molar-refractivity contribution is -0.149. The van der Waals surface area contributed by atoms with Crippen LogP contribution in [0.5, 0.6) is 0 Å². The van der Waals surface area contributed by atoms with Crippen molar-refractivity contribution in [2.45, 2.75) is 45.0 Å². The summed E-state index contributed by atoms with van der Waals surface area (Å²) in [5.41, 5.74) is -2.75. The first-order valence-corrected chi connectivity index (χ1v) is 11.6. The molecule has 0 bridgehead atoms. The number of ether oxygens (including phenoxy) is 1. The Kier molecular flexibility index (Phi) is 8.89. The summed E-state index contributed by atoms with van der Waals surface area (Å²) < 4.78 is 84.1. The van der Waals surface area contributed by atoms with Gasteiger partial charge in [0.15, 0.2) is 0 Å². The zero-order valence-electron chi connectivity index (χ0n) is 20.3. The minimum atomic E-state index is -5.05. The summed E-state index contributed by atoms with van der Waals surface area (Å²) in [6.07, 6.45) is -11.3. The summed E-state index contributed by atoms with van der Waals surface area (Å²) >= 11 is 0. The molecule has 1 aliphatic rings. The second-order valence-electron chi connectivity index (χ2n) is 8.68. The summed E-state index contributed by atoms with van der Waals surface area (Å²) in [7, 11) is 0. The van der Waals surface area contributed by atoms with Gasteiger partial charge in [0.25, 0.3) is 0 Å². The van der Waals surface area contributed by atoms with Crippen LogP contribution >= 0.6 is 0 Å². The summed E-state index contributed by atoms with van der Waals surface area (Å²) in [6.45, 7) is 0.733. The van der Waals surface area contributed by atoms with Crippen molar-refractivity contribution in [1.82, 2.24) is 14.7 Å². The predicted molar refractivity (Wildman–Crippen MR) is 122 cm³/mol. The molecular formula is C25H25F6N3O4. The number of benzene rings is 2. The van der Waals surface area contributed by atoms with Crippen molar-refractivity contribution in [3.05, 3.63) is 70.8 Å². The third kappa shape index (κ3) is 7.17. The third-order valence-electron chi connectivity index (χ3n) is 5.86. The molecule has 7 nitrogen and oxygen atoms in total. The van der Waals surface area contributed by atoms with E-state index in [1.54, 1.807) is 37.3 Å². The number of hydrogen-bond acceptors (Lipinski definition) is 4. The van der Waals surface area contributed by atoms with Crippen molar-refractivity contribution in [2.75, 3.05) is 19.6 Å². The Hall–Kier alpha value is -3.77. The maximum atomic E-state index is 13.2. The molecule has 0 N–H and O–H groups in total. The van der Waals surface area contributed by atoms with Crippen LogP contribution in [0.3, 0.4) is 0 Å². The van der Waals surface area contributed by atoms with Gasteiger partial charge < -0.3 is 14.5 Å². The van der Waals surface area contributed by atoms with Crippen LogP contribution in [-0.4, -0.2) is 58.9 Å². The largest absolute Gasteiger partial charge is 0.444 e. The quantitative estimate of drug-likeness (QED) is 0.350. The van der Waals surface area contributed by atoms with E-state index >= 15 is 0 Å². The van der Waals surface area contributed by atoms with Crippen LogP contribution < -0.4 is 0 Å². The van der Waals surface area contributed by atoms with Gasteiger partial charge in [-0.1, -0.05) is 37.3 Å². The van der Waals surface area contributed by atoms with Gasteiger partial charge in [0, 0.05) is 13.1 Å². The van der Waals surface area contributed by atoms with E-state index in [0.717, 1.165) is 15.4 Å². The molecule has 0 saturated carbocycles. The Morgan fingerprint density at radius 3 is 2.16 bits per heavy atom. The average Bonchev–Trinajstić information content (AvgIpc) is 2.86. The van der Waals surface area contributed by atoms with Crippen LogP contribution in [0.1, 0.15) is 35.6 Å². The number of nitrogens with zero attached hydrogens (tertiary/aromatic N) is 3. The predicted octanol–water partition coefficient (Wildman–Crippen LogP) is 4.90. The number of piperazine rings is 1. The summed E-state index contributed by atoms with van der Waals surface area (Å²) in [5, 5.41) is 0. The molecule has 0 radical (unpaired) electrons. The highest BCUT2D eigenvalue weighted by Crippen LogP contribution is 2.36. The Morgan fingerprint density at radius 2 is 1.63 bits per heavy atom. The lowest BCUT2D eigenvalue weighted by Gasteiger charge is -2.43. The Balaban J connectivity index is 1.81. The van der Waals surface area contributed by atoms with E-state index < -0.39 is 47.9 Å². The molecule has 1 unspecified atom stereocenters. The topological polar surface area (TPSA) is 70.2 Å². The van der Waals surface area contributed by atoms with Gasteiger partial charge in [-0.15, -0.1) is 0 Å². The van der Waals surface area contributed by atoms with Gasteiger partial charge in [0.2, 0.25) is 12.3 Å². The Bertz CT molecular complexity index is 1110. The zero-order valence-corrected chi connectivity index (χ0v) is 20.3. The summed E-state index contributed by atoms with van der Waals surface area (Å²) in [4.78, 5) is 41.0. The maximum Gasteiger partial charge on any atom is 0.416 e. The van der Waals surface area contributed by atoms with E-state index in [-0.39, 0.29) is 38.2 Å². The fourth-order valence-corrected chi connectivity index (χ4v) is 4.04. The zero-order chi connectivity index (χ0) is 28.1. The smallest absolute Gasteiger partial charge is 0.416 e. The second-order valence-corrected chi connectivity index (χ2v) is 8.68. The number of carbonyl (C=O) groups excluding carboxylic acids is 3. The highest BCUT2D eigenvalue weighted by atomic mass is 19.4. The molecule has 38 heavy (non-hydrogen) atoms. The first-order chi connectivity index (χ1) is 17.8. The van der Waals surface area contributed by atoms with Crippen molar-refractivity contribution >= 4 is 18.4 Å². The molecule has 1 atom stereocenters. The number of alkyl halides is 6. The first-order valence-electron chi connectivity index (χ1n) is 11.6. The molecule has 1 heterocycles. The van der Waals surface area contributed by atoms with E-state index in [2.05, 4.69) is 0 Å². The fourth-order valence-electron chi connectivity index (χ4n) is 4.04. The van der Waals surface area contributed by atoms with Gasteiger partial charge in [-0.2, -0.15) is 26.3 Å². The third-order valence-corrected chi connectivity index (χ3v) is 5.86. The van der Waals surface area contributed by atoms with Gasteiger partial charge in [-0.25, -0.2) is 4.79 Å². The van der Waals surface area contributed by atoms with Crippen molar-refractivity contribution in [2.24, 2.45) is 0 Å². The number of halogens is 6. The molecule has 2 aromatic rings. The van der Waals surface area contributed by atoms with Gasteiger partial charge >= 0.3 is 18.4 Å². The van der Waals surface area contributed by atoms with Crippen LogP contribution in [-0.2, 0) is 39.8 Å². The Labute approximate surface area is 214 Å². The fraction of sp³-hybridized carbons (Fsp3) is 0.400. The lowest BCUT2D eigenvalue weighted by atomic mass is 10.1. The molecule has 1 saturated heterocycles. The molecule has 3 amide bonds. The van der Waals surface area contributed by atoms with Gasteiger partial charge in [0.1, 0.15) is 19.3 Å². The minimum Gasteiger partial charge on any atom is -0.444 e. The summed E-state index contributed by atoms with van der Waals surface area (Å²) in [6, 6.07) is 9.93. The molecule has 3 rings (SSSR count). The van der Waals surface area contributed by atoms with Gasteiger partial charge in [-0.05, 0) is 35.7 Å². The van der Waals surface area contributed by atoms with Crippen molar-refractivity contribution in [3.63, 3.8) is 0 Å². The first kappa shape index (κ1) is 28.8. The van der Waals surface area contributed by atoms with E-state index in [1.807, 2.05) is 0 Å². The molecule has 206 valence electrons. The van der Waals surface area contributed by atoms with Crippen LogP contribution in [0.15, 0.2) is 48.5 Å². The van der Waals surface area contributed by atoms with Crippen molar-refractivity contribution < 1.29 is 45.5 Å². The number of rotatable bonds is 8. The maximum absolute atomic E-state index is 13.2. The molecule has 0 aromatic heterocycles. The molecule has 0 aliphatic carbocycles. The van der Waals surface area contributed by atoms with Gasteiger partial charge in [-0.3, -0.25) is 14.5 Å². The SMILES string of the molecule is CCCN(C(=O)OCc1cc(C(F)(F)F)cc(C(F)(F)F)c1)C1CN(Cc2ccccc2)C(=O)CN1C=O. The number of hydrogen-bond donors (Lipinski definition) is 0. The molecular weight excluding hydrogens is 520 g/mol. The molecule has 1 aliphatic heterocycles. The van der Waals surface area contributed by atoms with Crippen molar-refractivity contribution in [3.8, 4) is 0 Å². The number of carbonyl (C=O) groups is 3. The van der Waals surface area contributed by atoms with Crippen molar-refractivity contribution in [1.29, 1.82) is 0 Å². The molecule has 13 heteroatoms. The van der Waals surface area contributed by atoms with E-state index in [0.29, 0.717) is 25.0 Å². The highest BCUT2D eigenvalue weighted by Gasteiger charge is 2.39. The normalized spacial score (nSPS) is 16.4.